The summed E-state index contributed by atoms with van der Waals surface area (Å²) in [4.78, 5) is 20.1. The van der Waals surface area contributed by atoms with E-state index in [0.717, 1.165) is 35.5 Å². The summed E-state index contributed by atoms with van der Waals surface area (Å²) in [7, 11) is 1.63. The van der Waals surface area contributed by atoms with Crippen molar-refractivity contribution in [2.75, 3.05) is 32.1 Å². The highest BCUT2D eigenvalue weighted by atomic mass is 16.5. The van der Waals surface area contributed by atoms with E-state index < -0.39 is 5.41 Å². The van der Waals surface area contributed by atoms with Crippen LogP contribution in [0.2, 0.25) is 0 Å². The fraction of sp³-hybridized carbons (Fsp3) is 0.467. The Morgan fingerprint density at radius 3 is 3.10 bits per heavy atom. The minimum atomic E-state index is -0.479. The third-order valence-corrected chi connectivity index (χ3v) is 4.00. The number of hydrogen-bond acceptors (Lipinski definition) is 4. The first-order chi connectivity index (χ1) is 10.1. The number of amides is 1. The van der Waals surface area contributed by atoms with Gasteiger partial charge in [0.1, 0.15) is 5.82 Å². The zero-order valence-electron chi connectivity index (χ0n) is 12.3. The number of nitrogens with zero attached hydrogens (tertiary/aromatic N) is 1. The number of anilines is 1. The fourth-order valence-corrected chi connectivity index (χ4v) is 2.88. The number of carbonyl (C=O) groups excluding carboxylic acids is 1. The number of carbonyl (C=O) groups is 1. The Balaban J connectivity index is 1.81. The quantitative estimate of drug-likeness (QED) is 0.795. The van der Waals surface area contributed by atoms with Gasteiger partial charge < -0.3 is 20.4 Å². The van der Waals surface area contributed by atoms with Crippen LogP contribution in [0.3, 0.4) is 0 Å². The number of fused-ring (bicyclic) bond motifs is 1. The maximum Gasteiger partial charge on any atom is 0.234 e. The predicted molar refractivity (Wildman–Crippen MR) is 81.3 cm³/mol. The van der Waals surface area contributed by atoms with Gasteiger partial charge in [-0.3, -0.25) is 4.79 Å². The number of methoxy groups -OCH3 is 1. The van der Waals surface area contributed by atoms with Crippen LogP contribution in [0.4, 0.5) is 5.69 Å². The number of hydrogen-bond donors (Lipinski definition) is 3. The van der Waals surface area contributed by atoms with Gasteiger partial charge in [0.15, 0.2) is 0 Å². The monoisotopic (exact) mass is 288 g/mol. The fourth-order valence-electron chi connectivity index (χ4n) is 2.88. The Morgan fingerprint density at radius 2 is 2.38 bits per heavy atom. The molecule has 1 fully saturated rings. The summed E-state index contributed by atoms with van der Waals surface area (Å²) in [5.74, 6) is 0.870. The van der Waals surface area contributed by atoms with Crippen molar-refractivity contribution in [2.24, 2.45) is 5.41 Å². The molecule has 6 heteroatoms. The Hall–Kier alpha value is -1.92. The summed E-state index contributed by atoms with van der Waals surface area (Å²) in [5.41, 5.74) is 2.13. The molecule has 0 radical (unpaired) electrons. The number of rotatable bonds is 4. The van der Waals surface area contributed by atoms with Crippen molar-refractivity contribution in [1.82, 2.24) is 15.3 Å². The number of imidazole rings is 1. The molecule has 1 aromatic carbocycles. The van der Waals surface area contributed by atoms with Crippen LogP contribution < -0.4 is 10.6 Å². The number of benzene rings is 1. The maximum absolute atomic E-state index is 12.6. The average Bonchev–Trinajstić information content (AvgIpc) is 3.05. The standard InChI is InChI=1S/C15H20N4O2/c1-10-17-12-4-3-11(7-13(12)18-10)19-14(20)15(9-21-2)5-6-16-8-15/h3-4,7,16H,5-6,8-9H2,1-2H3,(H,17,18)(H,19,20). The van der Waals surface area contributed by atoms with Crippen LogP contribution in [0.15, 0.2) is 18.2 Å². The minimum absolute atomic E-state index is 0.00457. The van der Waals surface area contributed by atoms with Crippen molar-refractivity contribution in [2.45, 2.75) is 13.3 Å². The van der Waals surface area contributed by atoms with Crippen molar-refractivity contribution in [3.05, 3.63) is 24.0 Å². The molecule has 0 saturated carbocycles. The van der Waals surface area contributed by atoms with E-state index >= 15 is 0 Å². The highest BCUT2D eigenvalue weighted by molar-refractivity contribution is 5.97. The molecule has 21 heavy (non-hydrogen) atoms. The molecule has 1 unspecified atom stereocenters. The zero-order chi connectivity index (χ0) is 14.9. The molecule has 2 heterocycles. The van der Waals surface area contributed by atoms with Crippen LogP contribution in [-0.4, -0.2) is 42.7 Å². The van der Waals surface area contributed by atoms with Gasteiger partial charge in [-0.1, -0.05) is 0 Å². The predicted octanol–water partition coefficient (Wildman–Crippen LogP) is 1.44. The molecule has 1 aliphatic rings. The number of nitrogens with one attached hydrogen (secondary N) is 3. The molecule has 112 valence electrons. The first kappa shape index (κ1) is 14.0. The van der Waals surface area contributed by atoms with Crippen molar-refractivity contribution < 1.29 is 9.53 Å². The second-order valence-electron chi connectivity index (χ2n) is 5.65. The van der Waals surface area contributed by atoms with E-state index in [0.29, 0.717) is 13.2 Å². The lowest BCUT2D eigenvalue weighted by Gasteiger charge is -2.25. The van der Waals surface area contributed by atoms with E-state index in [4.69, 9.17) is 4.74 Å². The first-order valence-corrected chi connectivity index (χ1v) is 7.10. The number of ether oxygens (including phenoxy) is 1. The molecule has 2 aromatic rings. The second-order valence-corrected chi connectivity index (χ2v) is 5.65. The van der Waals surface area contributed by atoms with Gasteiger partial charge in [0, 0.05) is 19.3 Å². The molecule has 0 bridgehead atoms. The largest absolute Gasteiger partial charge is 0.384 e. The van der Waals surface area contributed by atoms with Gasteiger partial charge in [-0.05, 0) is 38.1 Å². The lowest BCUT2D eigenvalue weighted by atomic mass is 9.87. The summed E-state index contributed by atoms with van der Waals surface area (Å²) in [6, 6.07) is 5.70. The Bertz CT molecular complexity index is 659. The molecule has 0 spiro atoms. The molecule has 1 aliphatic heterocycles. The number of aryl methyl sites for hydroxylation is 1. The van der Waals surface area contributed by atoms with Crippen LogP contribution in [0.25, 0.3) is 11.0 Å². The van der Waals surface area contributed by atoms with Crippen LogP contribution in [0, 0.1) is 12.3 Å². The third-order valence-electron chi connectivity index (χ3n) is 4.00. The first-order valence-electron chi connectivity index (χ1n) is 7.10. The van der Waals surface area contributed by atoms with Gasteiger partial charge in [0.05, 0.1) is 23.1 Å². The molecule has 3 rings (SSSR count). The number of aromatic nitrogens is 2. The van der Waals surface area contributed by atoms with E-state index in [-0.39, 0.29) is 5.91 Å². The van der Waals surface area contributed by atoms with Gasteiger partial charge in [0.2, 0.25) is 5.91 Å². The SMILES string of the molecule is COCC1(C(=O)Nc2ccc3nc(C)[nH]c3c2)CCNC1. The van der Waals surface area contributed by atoms with Crippen LogP contribution in [-0.2, 0) is 9.53 Å². The van der Waals surface area contributed by atoms with Gasteiger partial charge in [-0.2, -0.15) is 0 Å². The van der Waals surface area contributed by atoms with Crippen LogP contribution >= 0.6 is 0 Å². The Morgan fingerprint density at radius 1 is 1.52 bits per heavy atom. The number of H-pyrrole nitrogens is 1. The molecule has 1 atom stereocenters. The highest BCUT2D eigenvalue weighted by Gasteiger charge is 2.41. The van der Waals surface area contributed by atoms with Gasteiger partial charge in [-0.25, -0.2) is 4.98 Å². The second kappa shape index (κ2) is 5.46. The average molecular weight is 288 g/mol. The van der Waals surface area contributed by atoms with E-state index in [1.54, 1.807) is 7.11 Å². The van der Waals surface area contributed by atoms with E-state index in [1.807, 2.05) is 25.1 Å². The van der Waals surface area contributed by atoms with Crippen molar-refractivity contribution in [1.29, 1.82) is 0 Å². The molecule has 1 amide bonds. The summed E-state index contributed by atoms with van der Waals surface area (Å²) < 4.78 is 5.24. The van der Waals surface area contributed by atoms with Gasteiger partial charge in [0.25, 0.3) is 0 Å². The molecular formula is C15H20N4O2. The normalized spacial score (nSPS) is 21.8. The molecule has 3 N–H and O–H groups in total. The molecular weight excluding hydrogens is 268 g/mol. The van der Waals surface area contributed by atoms with Crippen LogP contribution in [0.5, 0.6) is 0 Å². The topological polar surface area (TPSA) is 79.0 Å². The maximum atomic E-state index is 12.6. The summed E-state index contributed by atoms with van der Waals surface area (Å²) in [5, 5.41) is 6.24. The van der Waals surface area contributed by atoms with Crippen molar-refractivity contribution in [3.63, 3.8) is 0 Å². The van der Waals surface area contributed by atoms with E-state index in [1.165, 1.54) is 0 Å². The summed E-state index contributed by atoms with van der Waals surface area (Å²) in [6.07, 6.45) is 0.790. The van der Waals surface area contributed by atoms with Crippen LogP contribution in [0.1, 0.15) is 12.2 Å². The lowest BCUT2D eigenvalue weighted by Crippen LogP contribution is -2.41. The lowest BCUT2D eigenvalue weighted by molar-refractivity contribution is -0.127. The minimum Gasteiger partial charge on any atom is -0.384 e. The molecule has 1 saturated heterocycles. The third kappa shape index (κ3) is 2.64. The van der Waals surface area contributed by atoms with E-state index in [9.17, 15) is 4.79 Å². The molecule has 1 aromatic heterocycles. The Labute approximate surface area is 123 Å². The van der Waals surface area contributed by atoms with E-state index in [2.05, 4.69) is 20.6 Å². The highest BCUT2D eigenvalue weighted by Crippen LogP contribution is 2.28. The van der Waals surface area contributed by atoms with Gasteiger partial charge in [-0.15, -0.1) is 0 Å². The van der Waals surface area contributed by atoms with Crippen molar-refractivity contribution in [3.8, 4) is 0 Å². The Kier molecular flexibility index (Phi) is 3.65. The summed E-state index contributed by atoms with van der Waals surface area (Å²) >= 11 is 0. The zero-order valence-corrected chi connectivity index (χ0v) is 12.3. The van der Waals surface area contributed by atoms with Gasteiger partial charge >= 0.3 is 0 Å². The number of aromatic amines is 1. The molecule has 0 aliphatic carbocycles. The smallest absolute Gasteiger partial charge is 0.234 e. The van der Waals surface area contributed by atoms with Crippen molar-refractivity contribution >= 4 is 22.6 Å². The summed E-state index contributed by atoms with van der Waals surface area (Å²) in [6.45, 7) is 3.83. The molecule has 6 nitrogen and oxygen atoms in total.